The number of carbonyl (C=O) groups excluding carboxylic acids is 1. The molecule has 0 atom stereocenters. The molecule has 0 N–H and O–H groups in total. The largest absolute Gasteiger partial charge is 0.360 e. The Kier molecular flexibility index (Phi) is 12.9. The fourth-order valence-electron chi connectivity index (χ4n) is 3.82. The highest BCUT2D eigenvalue weighted by Gasteiger charge is 2.31. The van der Waals surface area contributed by atoms with Crippen LogP contribution in [0.4, 0.5) is 22.7 Å². The number of carbonyl (C=O) groups is 1. The van der Waals surface area contributed by atoms with Gasteiger partial charge in [-0.15, -0.1) is 11.6 Å². The normalized spacial score (nSPS) is 10.6. The SMILES string of the molecule is CC(C)N(C(=O)CCl)c1ccccc1.CCCN(CCC)c1c([N+](=O)[O-])cc(C(C)C)cc1[N+](=O)[O-]. The Hall–Kier alpha value is -3.20. The quantitative estimate of drug-likeness (QED) is 0.180. The van der Waals surface area contributed by atoms with Crippen LogP contribution >= 0.6 is 11.6 Å². The number of halogens is 1. The van der Waals surface area contributed by atoms with Crippen LogP contribution in [0.25, 0.3) is 0 Å². The lowest BCUT2D eigenvalue weighted by Gasteiger charge is -2.25. The molecule has 0 bridgehead atoms. The highest BCUT2D eigenvalue weighted by atomic mass is 35.5. The van der Waals surface area contributed by atoms with Gasteiger partial charge in [0.1, 0.15) is 5.88 Å². The first kappa shape index (κ1) is 30.8. The van der Waals surface area contributed by atoms with E-state index >= 15 is 0 Å². The van der Waals surface area contributed by atoms with Crippen molar-refractivity contribution in [3.05, 3.63) is 68.3 Å². The Labute approximate surface area is 218 Å². The summed E-state index contributed by atoms with van der Waals surface area (Å²) in [4.78, 5) is 36.8. The summed E-state index contributed by atoms with van der Waals surface area (Å²) in [6.45, 7) is 12.7. The number of nitrogens with zero attached hydrogens (tertiary/aromatic N) is 4. The lowest BCUT2D eigenvalue weighted by atomic mass is 10.00. The summed E-state index contributed by atoms with van der Waals surface area (Å²) < 4.78 is 0. The molecular weight excluding hydrogens is 484 g/mol. The minimum absolute atomic E-state index is 0.0164. The van der Waals surface area contributed by atoms with E-state index < -0.39 is 9.85 Å². The van der Waals surface area contributed by atoms with Crippen LogP contribution in [0.5, 0.6) is 0 Å². The molecule has 0 fully saturated rings. The van der Waals surface area contributed by atoms with Crippen molar-refractivity contribution in [1.82, 2.24) is 0 Å². The lowest BCUT2D eigenvalue weighted by molar-refractivity contribution is -0.392. The predicted octanol–water partition coefficient (Wildman–Crippen LogP) is 6.92. The van der Waals surface area contributed by atoms with Gasteiger partial charge in [0, 0.05) is 37.0 Å². The zero-order valence-electron chi connectivity index (χ0n) is 21.9. The molecule has 1 amide bonds. The maximum Gasteiger partial charge on any atom is 0.299 e. The van der Waals surface area contributed by atoms with E-state index in [1.807, 2.05) is 71.9 Å². The topological polar surface area (TPSA) is 110 Å². The molecule has 0 unspecified atom stereocenters. The minimum Gasteiger partial charge on any atom is -0.360 e. The lowest BCUT2D eigenvalue weighted by Crippen LogP contribution is -2.37. The predicted molar refractivity (Wildman–Crippen MR) is 146 cm³/mol. The van der Waals surface area contributed by atoms with E-state index in [1.165, 1.54) is 12.1 Å². The molecule has 0 aliphatic heterocycles. The Morgan fingerprint density at radius 3 is 1.72 bits per heavy atom. The van der Waals surface area contributed by atoms with Crippen LogP contribution in [0.15, 0.2) is 42.5 Å². The van der Waals surface area contributed by atoms with Gasteiger partial charge in [-0.2, -0.15) is 0 Å². The van der Waals surface area contributed by atoms with Crippen molar-refractivity contribution in [2.24, 2.45) is 0 Å². The maximum atomic E-state index is 11.5. The standard InChI is InChI=1S/C15H23N3O4.C11H14ClNO/c1-5-7-16(8-6-2)15-13(17(19)20)9-12(11(3)4)10-14(15)18(21)22;1-9(2)13(11(14)8-12)10-6-4-3-5-7-10/h9-11H,5-8H2,1-4H3;3-7,9H,8H2,1-2H3. The fraction of sp³-hybridized carbons (Fsp3) is 0.500. The summed E-state index contributed by atoms with van der Waals surface area (Å²) in [6, 6.07) is 12.6. The fourth-order valence-corrected chi connectivity index (χ4v) is 3.95. The highest BCUT2D eigenvalue weighted by Crippen LogP contribution is 2.40. The molecular formula is C26H37ClN4O5. The van der Waals surface area contributed by atoms with Crippen molar-refractivity contribution in [1.29, 1.82) is 0 Å². The van der Waals surface area contributed by atoms with Crippen molar-refractivity contribution in [3.8, 4) is 0 Å². The van der Waals surface area contributed by atoms with Crippen molar-refractivity contribution in [2.75, 3.05) is 28.8 Å². The van der Waals surface area contributed by atoms with Gasteiger partial charge < -0.3 is 9.80 Å². The zero-order chi connectivity index (χ0) is 27.4. The number of benzene rings is 2. The van der Waals surface area contributed by atoms with Gasteiger partial charge in [-0.05, 0) is 50.3 Å². The van der Waals surface area contributed by atoms with Gasteiger partial charge in [0.15, 0.2) is 5.69 Å². The van der Waals surface area contributed by atoms with Gasteiger partial charge in [0.2, 0.25) is 5.91 Å². The smallest absolute Gasteiger partial charge is 0.299 e. The second-order valence-corrected chi connectivity index (χ2v) is 9.16. The van der Waals surface area contributed by atoms with Gasteiger partial charge in [0.05, 0.1) is 9.85 Å². The van der Waals surface area contributed by atoms with Gasteiger partial charge in [-0.3, -0.25) is 25.0 Å². The highest BCUT2D eigenvalue weighted by molar-refractivity contribution is 6.29. The third-order valence-electron chi connectivity index (χ3n) is 5.39. The minimum atomic E-state index is -0.521. The van der Waals surface area contributed by atoms with E-state index in [9.17, 15) is 25.0 Å². The molecule has 9 nitrogen and oxygen atoms in total. The van der Waals surface area contributed by atoms with Crippen molar-refractivity contribution in [2.45, 2.75) is 66.3 Å². The van der Waals surface area contributed by atoms with Crippen LogP contribution in [0.3, 0.4) is 0 Å². The Morgan fingerprint density at radius 1 is 0.917 bits per heavy atom. The summed E-state index contributed by atoms with van der Waals surface area (Å²) in [6.07, 6.45) is 1.53. The molecule has 2 aromatic rings. The molecule has 2 rings (SSSR count). The van der Waals surface area contributed by atoms with E-state index in [4.69, 9.17) is 11.6 Å². The van der Waals surface area contributed by atoms with Gasteiger partial charge in [-0.25, -0.2) is 0 Å². The zero-order valence-corrected chi connectivity index (χ0v) is 22.7. The number of amides is 1. The summed E-state index contributed by atoms with van der Waals surface area (Å²) in [5.74, 6) is -0.0577. The number of anilines is 2. The molecule has 0 aromatic heterocycles. The van der Waals surface area contributed by atoms with Gasteiger partial charge in [0.25, 0.3) is 11.4 Å². The average Bonchev–Trinajstić information content (AvgIpc) is 2.83. The van der Waals surface area contributed by atoms with E-state index in [0.29, 0.717) is 18.7 Å². The number of alkyl halides is 1. The van der Waals surface area contributed by atoms with Crippen molar-refractivity contribution in [3.63, 3.8) is 0 Å². The maximum absolute atomic E-state index is 11.5. The van der Waals surface area contributed by atoms with Crippen LogP contribution in [0, 0.1) is 20.2 Å². The molecule has 0 saturated heterocycles. The molecule has 0 saturated carbocycles. The number of para-hydroxylation sites is 1. The van der Waals surface area contributed by atoms with E-state index in [1.54, 1.807) is 9.80 Å². The number of hydrogen-bond donors (Lipinski definition) is 0. The Morgan fingerprint density at radius 2 is 1.39 bits per heavy atom. The Bertz CT molecular complexity index is 974. The monoisotopic (exact) mass is 520 g/mol. The molecule has 0 aliphatic rings. The second kappa shape index (κ2) is 15.0. The molecule has 36 heavy (non-hydrogen) atoms. The first-order valence-electron chi connectivity index (χ1n) is 12.1. The molecule has 0 spiro atoms. The number of nitro groups is 2. The third-order valence-corrected chi connectivity index (χ3v) is 5.62. The van der Waals surface area contributed by atoms with Crippen LogP contribution < -0.4 is 9.80 Å². The first-order valence-corrected chi connectivity index (χ1v) is 12.7. The summed E-state index contributed by atoms with van der Waals surface area (Å²) in [7, 11) is 0. The molecule has 2 aromatic carbocycles. The average molecular weight is 521 g/mol. The van der Waals surface area contributed by atoms with Gasteiger partial charge in [-0.1, -0.05) is 45.9 Å². The molecule has 0 aliphatic carbocycles. The summed E-state index contributed by atoms with van der Waals surface area (Å²) in [5.41, 5.74) is 1.27. The van der Waals surface area contributed by atoms with E-state index in [2.05, 4.69) is 0 Å². The number of hydrogen-bond acceptors (Lipinski definition) is 6. The summed E-state index contributed by atoms with van der Waals surface area (Å²) >= 11 is 5.55. The van der Waals surface area contributed by atoms with E-state index in [-0.39, 0.29) is 40.8 Å². The van der Waals surface area contributed by atoms with Crippen LogP contribution in [0.1, 0.15) is 65.9 Å². The number of nitro benzene ring substituents is 2. The Balaban J connectivity index is 0.000000397. The van der Waals surface area contributed by atoms with E-state index in [0.717, 1.165) is 18.5 Å². The summed E-state index contributed by atoms with van der Waals surface area (Å²) in [5, 5.41) is 22.9. The van der Waals surface area contributed by atoms with Crippen LogP contribution in [0.2, 0.25) is 0 Å². The molecule has 10 heteroatoms. The second-order valence-electron chi connectivity index (χ2n) is 8.89. The third kappa shape index (κ3) is 8.48. The number of rotatable bonds is 11. The molecule has 198 valence electrons. The molecule has 0 heterocycles. The molecule has 0 radical (unpaired) electrons. The van der Waals surface area contributed by atoms with Crippen molar-refractivity contribution < 1.29 is 14.6 Å². The first-order chi connectivity index (χ1) is 17.0. The van der Waals surface area contributed by atoms with Gasteiger partial charge >= 0.3 is 0 Å². The van der Waals surface area contributed by atoms with Crippen LogP contribution in [-0.2, 0) is 4.79 Å². The van der Waals surface area contributed by atoms with Crippen LogP contribution in [-0.4, -0.2) is 40.8 Å². The van der Waals surface area contributed by atoms with Crippen molar-refractivity contribution >= 4 is 40.3 Å².